The van der Waals surface area contributed by atoms with E-state index in [0.717, 1.165) is 0 Å². The molecule has 1 fully saturated rings. The van der Waals surface area contributed by atoms with Crippen LogP contribution in [0.15, 0.2) is 4.52 Å². The fourth-order valence-electron chi connectivity index (χ4n) is 2.20. The fraction of sp³-hybridized carbons (Fsp3) is 0.750. The van der Waals surface area contributed by atoms with E-state index in [-0.39, 0.29) is 12.5 Å². The van der Waals surface area contributed by atoms with Crippen LogP contribution in [0, 0.1) is 11.8 Å². The summed E-state index contributed by atoms with van der Waals surface area (Å²) in [5.74, 6) is -4.65. The van der Waals surface area contributed by atoms with Crippen LogP contribution in [0.3, 0.4) is 0 Å². The van der Waals surface area contributed by atoms with Crippen molar-refractivity contribution in [2.45, 2.75) is 32.4 Å². The third-order valence-electron chi connectivity index (χ3n) is 3.40. The second-order valence-electron chi connectivity index (χ2n) is 6.15. The van der Waals surface area contributed by atoms with E-state index in [4.69, 9.17) is 9.63 Å². The second kappa shape index (κ2) is 4.88. The maximum absolute atomic E-state index is 12.9. The zero-order valence-corrected chi connectivity index (χ0v) is 11.8. The Hall–Kier alpha value is -1.80. The van der Waals surface area contributed by atoms with Gasteiger partial charge in [0.25, 0.3) is 5.95 Å². The highest BCUT2D eigenvalue weighted by Crippen LogP contribution is 2.39. The Morgan fingerprint density at radius 2 is 1.95 bits per heavy atom. The minimum Gasteiger partial charge on any atom is -0.481 e. The standard InChI is InChI=1S/C12H16F3N3O3/c1-11(2,3)9-16-10(17-21-9)18-4-6(8(19)20)7(5-18)12(13,14)15/h6-7H,4-5H2,1-3H3,(H,19,20)/t6-,7-/m1/s1. The van der Waals surface area contributed by atoms with Gasteiger partial charge >= 0.3 is 12.1 Å². The number of carboxylic acid groups (broad SMARTS) is 1. The number of hydrogen-bond donors (Lipinski definition) is 1. The molecule has 2 rings (SSSR count). The van der Waals surface area contributed by atoms with Crippen molar-refractivity contribution in [3.05, 3.63) is 5.89 Å². The van der Waals surface area contributed by atoms with E-state index in [1.165, 1.54) is 4.90 Å². The minimum atomic E-state index is -4.58. The number of alkyl halides is 3. The predicted octanol–water partition coefficient (Wildman–Crippen LogP) is 2.07. The van der Waals surface area contributed by atoms with Crippen LogP contribution in [0.2, 0.25) is 0 Å². The summed E-state index contributed by atoms with van der Waals surface area (Å²) in [5, 5.41) is 12.6. The van der Waals surface area contributed by atoms with Crippen molar-refractivity contribution >= 4 is 11.9 Å². The van der Waals surface area contributed by atoms with E-state index in [0.29, 0.717) is 5.89 Å². The van der Waals surface area contributed by atoms with E-state index >= 15 is 0 Å². The smallest absolute Gasteiger partial charge is 0.394 e. The third-order valence-corrected chi connectivity index (χ3v) is 3.40. The van der Waals surface area contributed by atoms with Gasteiger partial charge in [0.2, 0.25) is 5.89 Å². The zero-order chi connectivity index (χ0) is 16.0. The average Bonchev–Trinajstić information content (AvgIpc) is 2.93. The molecule has 0 aromatic carbocycles. The van der Waals surface area contributed by atoms with Crippen LogP contribution in [0.4, 0.5) is 19.1 Å². The molecule has 0 aliphatic carbocycles. The van der Waals surface area contributed by atoms with Crippen LogP contribution in [-0.4, -0.2) is 40.5 Å². The molecule has 1 aromatic rings. The molecule has 0 radical (unpaired) electrons. The van der Waals surface area contributed by atoms with Gasteiger partial charge in [0.05, 0.1) is 11.8 Å². The first-order chi connectivity index (χ1) is 9.50. The van der Waals surface area contributed by atoms with Crippen LogP contribution >= 0.6 is 0 Å². The molecule has 0 saturated carbocycles. The lowest BCUT2D eigenvalue weighted by Crippen LogP contribution is -2.33. The number of hydrogen-bond acceptors (Lipinski definition) is 5. The number of rotatable bonds is 2. The molecule has 0 spiro atoms. The van der Waals surface area contributed by atoms with Gasteiger partial charge in [-0.1, -0.05) is 20.8 Å². The fourth-order valence-corrected chi connectivity index (χ4v) is 2.20. The normalized spacial score (nSPS) is 23.6. The Bertz CT molecular complexity index is 536. The molecule has 1 aromatic heterocycles. The Labute approximate surface area is 118 Å². The van der Waals surface area contributed by atoms with Gasteiger partial charge in [0, 0.05) is 18.5 Å². The number of carboxylic acids is 1. The molecule has 2 atom stereocenters. The van der Waals surface area contributed by atoms with E-state index < -0.39 is 35.9 Å². The Morgan fingerprint density at radius 1 is 1.33 bits per heavy atom. The van der Waals surface area contributed by atoms with E-state index in [2.05, 4.69) is 10.1 Å². The first kappa shape index (κ1) is 15.6. The molecule has 1 aliphatic heterocycles. The van der Waals surface area contributed by atoms with Crippen LogP contribution in [-0.2, 0) is 10.2 Å². The topological polar surface area (TPSA) is 79.5 Å². The van der Waals surface area contributed by atoms with Gasteiger partial charge in [0.1, 0.15) is 0 Å². The highest BCUT2D eigenvalue weighted by Gasteiger charge is 2.53. The molecule has 6 nitrogen and oxygen atoms in total. The molecule has 0 unspecified atom stereocenters. The summed E-state index contributed by atoms with van der Waals surface area (Å²) in [6, 6.07) is 0. The summed E-state index contributed by atoms with van der Waals surface area (Å²) in [6.07, 6.45) is -4.58. The van der Waals surface area contributed by atoms with Crippen LogP contribution in [0.25, 0.3) is 0 Å². The SMILES string of the molecule is CC(C)(C)c1nc(N2C[C@@H](C(F)(F)F)[C@H](C(=O)O)C2)no1. The molecule has 2 heterocycles. The number of nitrogens with zero attached hydrogens (tertiary/aromatic N) is 3. The van der Waals surface area contributed by atoms with Crippen LogP contribution in [0.5, 0.6) is 0 Å². The van der Waals surface area contributed by atoms with Crippen LogP contribution in [0.1, 0.15) is 26.7 Å². The Morgan fingerprint density at radius 3 is 2.33 bits per heavy atom. The maximum atomic E-state index is 12.9. The largest absolute Gasteiger partial charge is 0.481 e. The lowest BCUT2D eigenvalue weighted by atomic mass is 9.96. The van der Waals surface area contributed by atoms with Crippen molar-refractivity contribution in [1.29, 1.82) is 0 Å². The summed E-state index contributed by atoms with van der Waals surface area (Å²) >= 11 is 0. The summed E-state index contributed by atoms with van der Waals surface area (Å²) in [7, 11) is 0. The summed E-state index contributed by atoms with van der Waals surface area (Å²) in [6.45, 7) is 4.71. The second-order valence-corrected chi connectivity index (χ2v) is 6.15. The molecule has 1 N–H and O–H groups in total. The van der Waals surface area contributed by atoms with Crippen molar-refractivity contribution in [3.8, 4) is 0 Å². The lowest BCUT2D eigenvalue weighted by Gasteiger charge is -2.17. The number of halogens is 3. The molecule has 9 heteroatoms. The van der Waals surface area contributed by atoms with Gasteiger partial charge in [-0.3, -0.25) is 4.79 Å². The van der Waals surface area contributed by atoms with Crippen molar-refractivity contribution in [1.82, 2.24) is 10.1 Å². The summed E-state index contributed by atoms with van der Waals surface area (Å²) < 4.78 is 43.7. The first-order valence-corrected chi connectivity index (χ1v) is 6.39. The monoisotopic (exact) mass is 307 g/mol. The van der Waals surface area contributed by atoms with Crippen molar-refractivity contribution in [2.75, 3.05) is 18.0 Å². The molecule has 1 aliphatic rings. The number of aliphatic carboxylic acids is 1. The minimum absolute atomic E-state index is 0.00192. The Kier molecular flexibility index (Phi) is 3.63. The molecule has 21 heavy (non-hydrogen) atoms. The van der Waals surface area contributed by atoms with Crippen LogP contribution < -0.4 is 4.90 Å². The molecule has 0 bridgehead atoms. The van der Waals surface area contributed by atoms with Crippen molar-refractivity contribution in [3.63, 3.8) is 0 Å². The molecular formula is C12H16F3N3O3. The van der Waals surface area contributed by atoms with Crippen molar-refractivity contribution in [2.24, 2.45) is 11.8 Å². The number of anilines is 1. The summed E-state index contributed by atoms with van der Waals surface area (Å²) in [5.41, 5.74) is -0.430. The van der Waals surface area contributed by atoms with E-state index in [1.807, 2.05) is 20.8 Å². The van der Waals surface area contributed by atoms with Gasteiger partial charge in [-0.25, -0.2) is 0 Å². The highest BCUT2D eigenvalue weighted by atomic mass is 19.4. The van der Waals surface area contributed by atoms with Gasteiger partial charge in [-0.15, -0.1) is 0 Å². The lowest BCUT2D eigenvalue weighted by molar-refractivity contribution is -0.187. The third kappa shape index (κ3) is 3.11. The zero-order valence-electron chi connectivity index (χ0n) is 11.8. The number of carbonyl (C=O) groups is 1. The Balaban J connectivity index is 2.23. The molecular weight excluding hydrogens is 291 g/mol. The quantitative estimate of drug-likeness (QED) is 0.901. The summed E-state index contributed by atoms with van der Waals surface area (Å²) in [4.78, 5) is 16.3. The van der Waals surface area contributed by atoms with Gasteiger partial charge in [-0.2, -0.15) is 18.2 Å². The van der Waals surface area contributed by atoms with Gasteiger partial charge in [0.15, 0.2) is 0 Å². The average molecular weight is 307 g/mol. The van der Waals surface area contributed by atoms with Crippen molar-refractivity contribution < 1.29 is 27.6 Å². The maximum Gasteiger partial charge on any atom is 0.394 e. The predicted molar refractivity (Wildman–Crippen MR) is 65.9 cm³/mol. The molecule has 1 saturated heterocycles. The van der Waals surface area contributed by atoms with Gasteiger partial charge < -0.3 is 14.5 Å². The first-order valence-electron chi connectivity index (χ1n) is 6.39. The molecule has 118 valence electrons. The van der Waals surface area contributed by atoms with E-state index in [9.17, 15) is 18.0 Å². The van der Waals surface area contributed by atoms with Gasteiger partial charge in [-0.05, 0) is 5.16 Å². The number of aromatic nitrogens is 2. The highest BCUT2D eigenvalue weighted by molar-refractivity contribution is 5.72. The molecule has 0 amide bonds. The van der Waals surface area contributed by atoms with E-state index in [1.54, 1.807) is 0 Å².